The molecule has 0 bridgehead atoms. The summed E-state index contributed by atoms with van der Waals surface area (Å²) in [6.07, 6.45) is 3.64. The van der Waals surface area contributed by atoms with Gasteiger partial charge in [-0.15, -0.1) is 6.58 Å². The minimum atomic E-state index is -0.429. The van der Waals surface area contributed by atoms with E-state index < -0.39 is 5.60 Å². The van der Waals surface area contributed by atoms with E-state index in [4.69, 9.17) is 9.47 Å². The minimum absolute atomic E-state index is 0.0361. The van der Waals surface area contributed by atoms with E-state index in [1.807, 2.05) is 26.8 Å². The molecule has 0 aliphatic carbocycles. The van der Waals surface area contributed by atoms with Gasteiger partial charge < -0.3 is 9.47 Å². The van der Waals surface area contributed by atoms with E-state index in [2.05, 4.69) is 6.58 Å². The molecule has 3 heteroatoms. The van der Waals surface area contributed by atoms with E-state index in [1.54, 1.807) is 0 Å². The zero-order valence-corrected chi connectivity index (χ0v) is 9.34. The number of hydrogen-bond donors (Lipinski definition) is 0. The molecule has 0 radical (unpaired) electrons. The number of carbonyl (C=O) groups excluding carboxylic acids is 1. The molecular weight excluding hydrogens is 180 g/mol. The highest BCUT2D eigenvalue weighted by Crippen LogP contribution is 2.06. The summed E-state index contributed by atoms with van der Waals surface area (Å²) < 4.78 is 10.2. The van der Waals surface area contributed by atoms with Crippen LogP contribution in [0.3, 0.4) is 0 Å². The lowest BCUT2D eigenvalue weighted by molar-refractivity contribution is -0.160. The van der Waals surface area contributed by atoms with Crippen molar-refractivity contribution in [2.75, 3.05) is 13.2 Å². The normalized spacial score (nSPS) is 11.1. The summed E-state index contributed by atoms with van der Waals surface area (Å²) in [5, 5.41) is 0. The van der Waals surface area contributed by atoms with Gasteiger partial charge in [0.05, 0.1) is 0 Å². The van der Waals surface area contributed by atoms with E-state index >= 15 is 0 Å². The Hall–Kier alpha value is -0.830. The number of esters is 1. The first kappa shape index (κ1) is 13.2. The fourth-order valence-electron chi connectivity index (χ4n) is 0.856. The highest BCUT2D eigenvalue weighted by atomic mass is 16.6. The predicted molar refractivity (Wildman–Crippen MR) is 56.1 cm³/mol. The van der Waals surface area contributed by atoms with Gasteiger partial charge in [-0.05, 0) is 33.6 Å². The molecule has 0 N–H and O–H groups in total. The molecule has 0 fully saturated rings. The average Bonchev–Trinajstić information content (AvgIpc) is 2.00. The van der Waals surface area contributed by atoms with Crippen molar-refractivity contribution in [3.63, 3.8) is 0 Å². The third-order valence-electron chi connectivity index (χ3n) is 1.34. The Morgan fingerprint density at radius 3 is 2.57 bits per heavy atom. The van der Waals surface area contributed by atoms with Gasteiger partial charge in [0.1, 0.15) is 12.2 Å². The summed E-state index contributed by atoms with van der Waals surface area (Å²) in [7, 11) is 0. The smallest absolute Gasteiger partial charge is 0.332 e. The van der Waals surface area contributed by atoms with E-state index in [1.165, 1.54) is 0 Å². The molecule has 82 valence electrons. The topological polar surface area (TPSA) is 35.5 Å². The van der Waals surface area contributed by atoms with E-state index in [0.29, 0.717) is 6.61 Å². The second-order valence-electron chi connectivity index (χ2n) is 4.07. The quantitative estimate of drug-likeness (QED) is 0.375. The fraction of sp³-hybridized carbons (Fsp3) is 0.727. The Bertz CT molecular complexity index is 179. The molecule has 0 spiro atoms. The molecule has 0 aliphatic rings. The van der Waals surface area contributed by atoms with Crippen LogP contribution in [0.4, 0.5) is 0 Å². The fourth-order valence-corrected chi connectivity index (χ4v) is 0.856. The molecule has 0 atom stereocenters. The van der Waals surface area contributed by atoms with Gasteiger partial charge in [-0.25, -0.2) is 4.79 Å². The second-order valence-corrected chi connectivity index (χ2v) is 4.07. The lowest BCUT2D eigenvalue weighted by atomic mass is 10.2. The summed E-state index contributed by atoms with van der Waals surface area (Å²) in [6.45, 7) is 9.71. The van der Waals surface area contributed by atoms with Gasteiger partial charge in [-0.2, -0.15) is 0 Å². The first-order valence-corrected chi connectivity index (χ1v) is 4.86. The molecule has 0 rings (SSSR count). The third-order valence-corrected chi connectivity index (χ3v) is 1.34. The van der Waals surface area contributed by atoms with E-state index in [-0.39, 0.29) is 12.6 Å². The average molecular weight is 200 g/mol. The first-order chi connectivity index (χ1) is 6.45. The van der Waals surface area contributed by atoms with E-state index in [0.717, 1.165) is 12.8 Å². The number of hydrogen-bond acceptors (Lipinski definition) is 3. The molecule has 0 unspecified atom stereocenters. The summed E-state index contributed by atoms with van der Waals surface area (Å²) in [5.41, 5.74) is -0.429. The van der Waals surface area contributed by atoms with Crippen LogP contribution in [0.5, 0.6) is 0 Å². The van der Waals surface area contributed by atoms with Crippen molar-refractivity contribution in [2.45, 2.75) is 39.2 Å². The maximum Gasteiger partial charge on any atom is 0.332 e. The van der Waals surface area contributed by atoms with Crippen LogP contribution in [0.1, 0.15) is 33.6 Å². The van der Waals surface area contributed by atoms with Crippen LogP contribution < -0.4 is 0 Å². The molecule has 3 nitrogen and oxygen atoms in total. The largest absolute Gasteiger partial charge is 0.458 e. The molecule has 0 saturated heterocycles. The van der Waals surface area contributed by atoms with Crippen molar-refractivity contribution in [3.05, 3.63) is 12.7 Å². The molecule has 14 heavy (non-hydrogen) atoms. The monoisotopic (exact) mass is 200 g/mol. The van der Waals surface area contributed by atoms with Crippen molar-refractivity contribution >= 4 is 5.97 Å². The van der Waals surface area contributed by atoms with Crippen LogP contribution in [0.2, 0.25) is 0 Å². The van der Waals surface area contributed by atoms with Crippen molar-refractivity contribution in [1.82, 2.24) is 0 Å². The van der Waals surface area contributed by atoms with Gasteiger partial charge in [-0.1, -0.05) is 6.08 Å². The van der Waals surface area contributed by atoms with Crippen LogP contribution in [-0.2, 0) is 14.3 Å². The number of allylic oxidation sites excluding steroid dienone is 1. The zero-order chi connectivity index (χ0) is 11.0. The minimum Gasteiger partial charge on any atom is -0.458 e. The van der Waals surface area contributed by atoms with Gasteiger partial charge in [0.25, 0.3) is 0 Å². The van der Waals surface area contributed by atoms with Crippen LogP contribution in [0.25, 0.3) is 0 Å². The maximum absolute atomic E-state index is 11.1. The summed E-state index contributed by atoms with van der Waals surface area (Å²) in [5.74, 6) is -0.309. The van der Waals surface area contributed by atoms with Crippen molar-refractivity contribution in [3.8, 4) is 0 Å². The number of rotatable bonds is 6. The number of ether oxygens (including phenoxy) is 2. The van der Waals surface area contributed by atoms with Crippen molar-refractivity contribution in [2.24, 2.45) is 0 Å². The maximum atomic E-state index is 11.1. The van der Waals surface area contributed by atoms with Gasteiger partial charge in [0.15, 0.2) is 0 Å². The van der Waals surface area contributed by atoms with Gasteiger partial charge in [-0.3, -0.25) is 0 Å². The zero-order valence-electron chi connectivity index (χ0n) is 9.34. The van der Waals surface area contributed by atoms with Gasteiger partial charge in [0.2, 0.25) is 0 Å². The Morgan fingerprint density at radius 2 is 2.07 bits per heavy atom. The highest BCUT2D eigenvalue weighted by Gasteiger charge is 2.15. The molecule has 0 aromatic carbocycles. The lowest BCUT2D eigenvalue weighted by Gasteiger charge is -2.19. The van der Waals surface area contributed by atoms with E-state index in [9.17, 15) is 4.79 Å². The molecule has 0 heterocycles. The Balaban J connectivity index is 3.41. The Labute approximate surface area is 86.1 Å². The molecule has 0 saturated carbocycles. The summed E-state index contributed by atoms with van der Waals surface area (Å²) in [4.78, 5) is 11.1. The van der Waals surface area contributed by atoms with Gasteiger partial charge in [0, 0.05) is 6.61 Å². The number of unbranched alkanes of at least 4 members (excludes halogenated alkanes) is 1. The predicted octanol–water partition coefficient (Wildman–Crippen LogP) is 2.31. The molecule has 0 aromatic heterocycles. The standard InChI is InChI=1S/C11H20O3/c1-5-6-7-8-13-9-10(12)14-11(2,3)4/h5H,1,6-9H2,2-4H3. The van der Waals surface area contributed by atoms with Crippen LogP contribution in [-0.4, -0.2) is 24.8 Å². The third kappa shape index (κ3) is 9.26. The lowest BCUT2D eigenvalue weighted by Crippen LogP contribution is -2.26. The summed E-state index contributed by atoms with van der Waals surface area (Å²) in [6, 6.07) is 0. The van der Waals surface area contributed by atoms with Crippen LogP contribution >= 0.6 is 0 Å². The van der Waals surface area contributed by atoms with Crippen LogP contribution in [0, 0.1) is 0 Å². The molecule has 0 aliphatic heterocycles. The van der Waals surface area contributed by atoms with Gasteiger partial charge >= 0.3 is 5.97 Å². The molecule has 0 aromatic rings. The SMILES string of the molecule is C=CCCCOCC(=O)OC(C)(C)C. The molecular formula is C11H20O3. The van der Waals surface area contributed by atoms with Crippen molar-refractivity contribution in [1.29, 1.82) is 0 Å². The second kappa shape index (κ2) is 6.60. The Kier molecular flexibility index (Phi) is 6.21. The summed E-state index contributed by atoms with van der Waals surface area (Å²) >= 11 is 0. The number of carbonyl (C=O) groups is 1. The molecule has 0 amide bonds. The Morgan fingerprint density at radius 1 is 1.43 bits per heavy atom. The van der Waals surface area contributed by atoms with Crippen molar-refractivity contribution < 1.29 is 14.3 Å². The first-order valence-electron chi connectivity index (χ1n) is 4.86. The van der Waals surface area contributed by atoms with Crippen LogP contribution in [0.15, 0.2) is 12.7 Å². The highest BCUT2D eigenvalue weighted by molar-refractivity contribution is 5.71.